The minimum absolute atomic E-state index is 0.0428. The van der Waals surface area contributed by atoms with Crippen molar-refractivity contribution in [1.82, 2.24) is 9.80 Å². The van der Waals surface area contributed by atoms with Crippen molar-refractivity contribution >= 4 is 11.8 Å². The summed E-state index contributed by atoms with van der Waals surface area (Å²) in [5.74, 6) is -0.103. The molecule has 0 spiro atoms. The first-order chi connectivity index (χ1) is 12.1. The Morgan fingerprint density at radius 3 is 2.00 bits per heavy atom. The molecule has 4 heteroatoms. The summed E-state index contributed by atoms with van der Waals surface area (Å²) in [6.07, 6.45) is 1.75. The van der Waals surface area contributed by atoms with E-state index in [4.69, 9.17) is 0 Å². The molecule has 0 aliphatic heterocycles. The van der Waals surface area contributed by atoms with Gasteiger partial charge in [0, 0.05) is 27.1 Å². The summed E-state index contributed by atoms with van der Waals surface area (Å²) < 4.78 is 0. The predicted octanol–water partition coefficient (Wildman–Crippen LogP) is 3.13. The zero-order valence-electron chi connectivity index (χ0n) is 15.0. The van der Waals surface area contributed by atoms with E-state index in [1.54, 1.807) is 16.8 Å². The predicted molar refractivity (Wildman–Crippen MR) is 99.9 cm³/mol. The molecule has 0 aromatic heterocycles. The molecule has 25 heavy (non-hydrogen) atoms. The number of rotatable bonds is 8. The van der Waals surface area contributed by atoms with Gasteiger partial charge in [0.2, 0.25) is 11.8 Å². The Kier molecular flexibility index (Phi) is 7.20. The molecule has 0 heterocycles. The fourth-order valence-corrected chi connectivity index (χ4v) is 2.70. The molecule has 0 N–H and O–H groups in total. The quantitative estimate of drug-likeness (QED) is 0.742. The summed E-state index contributed by atoms with van der Waals surface area (Å²) in [7, 11) is 1.78. The van der Waals surface area contributed by atoms with Crippen molar-refractivity contribution in [2.75, 3.05) is 20.1 Å². The molecular weight excluding hydrogens is 312 g/mol. The minimum Gasteiger partial charge on any atom is -0.340 e. The molecule has 0 bridgehead atoms. The lowest BCUT2D eigenvalue weighted by molar-refractivity contribution is -0.139. The Labute approximate surface area is 150 Å². The van der Waals surface area contributed by atoms with Crippen molar-refractivity contribution in [2.24, 2.45) is 0 Å². The van der Waals surface area contributed by atoms with Crippen molar-refractivity contribution in [1.29, 1.82) is 0 Å². The summed E-state index contributed by atoms with van der Waals surface area (Å²) in [4.78, 5) is 27.6. The molecule has 0 aliphatic carbocycles. The van der Waals surface area contributed by atoms with Crippen LogP contribution in [0.3, 0.4) is 0 Å². The van der Waals surface area contributed by atoms with E-state index in [-0.39, 0.29) is 18.4 Å². The smallest absolute Gasteiger partial charge is 0.242 e. The van der Waals surface area contributed by atoms with Gasteiger partial charge in [0.15, 0.2) is 0 Å². The highest BCUT2D eigenvalue weighted by Gasteiger charge is 2.16. The van der Waals surface area contributed by atoms with E-state index in [1.165, 1.54) is 12.5 Å². The molecule has 0 atom stereocenters. The molecule has 132 valence electrons. The van der Waals surface area contributed by atoms with Crippen molar-refractivity contribution in [3.8, 4) is 0 Å². The molecule has 2 amide bonds. The third kappa shape index (κ3) is 6.42. The average Bonchev–Trinajstić information content (AvgIpc) is 2.62. The molecule has 4 nitrogen and oxygen atoms in total. The molecule has 2 aromatic carbocycles. The van der Waals surface area contributed by atoms with Gasteiger partial charge >= 0.3 is 0 Å². The molecule has 0 unspecified atom stereocenters. The van der Waals surface area contributed by atoms with Crippen LogP contribution in [0.2, 0.25) is 0 Å². The van der Waals surface area contributed by atoms with Crippen LogP contribution in [-0.2, 0) is 22.6 Å². The van der Waals surface area contributed by atoms with Crippen LogP contribution in [0, 0.1) is 0 Å². The van der Waals surface area contributed by atoms with Crippen LogP contribution in [0.5, 0.6) is 0 Å². The van der Waals surface area contributed by atoms with Gasteiger partial charge in [0.25, 0.3) is 0 Å². The Morgan fingerprint density at radius 2 is 1.44 bits per heavy atom. The van der Waals surface area contributed by atoms with E-state index in [2.05, 4.69) is 12.1 Å². The Balaban J connectivity index is 1.83. The van der Waals surface area contributed by atoms with Gasteiger partial charge in [-0.15, -0.1) is 0 Å². The van der Waals surface area contributed by atoms with Crippen LogP contribution >= 0.6 is 0 Å². The molecule has 0 saturated carbocycles. The van der Waals surface area contributed by atoms with Crippen molar-refractivity contribution in [2.45, 2.75) is 26.3 Å². The number of carbonyl (C=O) groups is 2. The van der Waals surface area contributed by atoms with Crippen LogP contribution in [0.4, 0.5) is 0 Å². The van der Waals surface area contributed by atoms with E-state index in [9.17, 15) is 9.59 Å². The number of hydrogen-bond donors (Lipinski definition) is 0. The Morgan fingerprint density at radius 1 is 0.880 bits per heavy atom. The van der Waals surface area contributed by atoms with Crippen LogP contribution in [0.1, 0.15) is 24.5 Å². The molecule has 0 aliphatic rings. The highest BCUT2D eigenvalue weighted by molar-refractivity contribution is 5.83. The number of hydrogen-bond acceptors (Lipinski definition) is 2. The number of benzene rings is 2. The van der Waals surface area contributed by atoms with E-state index in [0.717, 1.165) is 18.4 Å². The van der Waals surface area contributed by atoms with Crippen molar-refractivity contribution in [3.05, 3.63) is 71.8 Å². The third-order valence-electron chi connectivity index (χ3n) is 4.20. The van der Waals surface area contributed by atoms with Gasteiger partial charge in [-0.1, -0.05) is 60.7 Å². The average molecular weight is 338 g/mol. The first kappa shape index (κ1) is 18.7. The van der Waals surface area contributed by atoms with Gasteiger partial charge in [0.05, 0.1) is 6.54 Å². The summed E-state index contributed by atoms with van der Waals surface area (Å²) in [5.41, 5.74) is 2.33. The summed E-state index contributed by atoms with van der Waals surface area (Å²) in [6.45, 7) is 2.80. The van der Waals surface area contributed by atoms with Gasteiger partial charge in [0.1, 0.15) is 0 Å². The minimum atomic E-state index is -0.0606. The third-order valence-corrected chi connectivity index (χ3v) is 4.20. The van der Waals surface area contributed by atoms with Gasteiger partial charge in [-0.3, -0.25) is 9.59 Å². The fraction of sp³-hybridized carbons (Fsp3) is 0.333. The van der Waals surface area contributed by atoms with Gasteiger partial charge in [-0.2, -0.15) is 0 Å². The van der Waals surface area contributed by atoms with Crippen LogP contribution < -0.4 is 0 Å². The lowest BCUT2D eigenvalue weighted by atomic mass is 10.1. The number of nitrogens with zero attached hydrogens (tertiary/aromatic N) is 2. The molecule has 2 aromatic rings. The summed E-state index contributed by atoms with van der Waals surface area (Å²) in [5, 5.41) is 0. The van der Waals surface area contributed by atoms with Gasteiger partial charge in [-0.25, -0.2) is 0 Å². The lowest BCUT2D eigenvalue weighted by Gasteiger charge is -2.24. The first-order valence-electron chi connectivity index (χ1n) is 8.63. The zero-order chi connectivity index (χ0) is 18.1. The monoisotopic (exact) mass is 338 g/mol. The SMILES string of the molecule is CC(=O)N(CCCc1ccccc1)CC(=O)N(C)Cc1ccccc1. The zero-order valence-corrected chi connectivity index (χ0v) is 15.0. The molecule has 0 fully saturated rings. The lowest BCUT2D eigenvalue weighted by Crippen LogP contribution is -2.40. The Hall–Kier alpha value is -2.62. The van der Waals surface area contributed by atoms with Crippen molar-refractivity contribution < 1.29 is 9.59 Å². The first-order valence-corrected chi connectivity index (χ1v) is 8.63. The van der Waals surface area contributed by atoms with Crippen molar-refractivity contribution in [3.63, 3.8) is 0 Å². The molecular formula is C21H26N2O2. The highest BCUT2D eigenvalue weighted by Crippen LogP contribution is 2.06. The second kappa shape index (κ2) is 9.62. The maximum absolute atomic E-state index is 12.4. The molecule has 0 radical (unpaired) electrons. The normalized spacial score (nSPS) is 10.3. The number of amides is 2. The topological polar surface area (TPSA) is 40.6 Å². The Bertz CT molecular complexity index is 671. The number of likely N-dealkylation sites (N-methyl/N-ethyl adjacent to an activating group) is 1. The van der Waals surface area contributed by atoms with Gasteiger partial charge < -0.3 is 9.80 Å². The highest BCUT2D eigenvalue weighted by atomic mass is 16.2. The summed E-state index contributed by atoms with van der Waals surface area (Å²) in [6, 6.07) is 20.0. The van der Waals surface area contributed by atoms with Crippen LogP contribution in [0.15, 0.2) is 60.7 Å². The standard InChI is InChI=1S/C21H26N2O2/c1-18(24)23(15-9-14-19-10-5-3-6-11-19)17-21(25)22(2)16-20-12-7-4-8-13-20/h3-8,10-13H,9,14-17H2,1-2H3. The van der Waals surface area contributed by atoms with Gasteiger partial charge in [-0.05, 0) is 24.0 Å². The van der Waals surface area contributed by atoms with Crippen LogP contribution in [0.25, 0.3) is 0 Å². The molecule has 2 rings (SSSR count). The number of carbonyl (C=O) groups excluding carboxylic acids is 2. The maximum Gasteiger partial charge on any atom is 0.242 e. The number of aryl methyl sites for hydroxylation is 1. The van der Waals surface area contributed by atoms with E-state index >= 15 is 0 Å². The fourth-order valence-electron chi connectivity index (χ4n) is 2.70. The summed E-state index contributed by atoms with van der Waals surface area (Å²) >= 11 is 0. The second-order valence-corrected chi connectivity index (χ2v) is 6.27. The second-order valence-electron chi connectivity index (χ2n) is 6.27. The molecule has 0 saturated heterocycles. The van der Waals surface area contributed by atoms with E-state index < -0.39 is 0 Å². The van der Waals surface area contributed by atoms with E-state index in [0.29, 0.717) is 13.1 Å². The maximum atomic E-state index is 12.4. The largest absolute Gasteiger partial charge is 0.340 e. The van der Waals surface area contributed by atoms with Crippen LogP contribution in [-0.4, -0.2) is 41.8 Å². The van der Waals surface area contributed by atoms with E-state index in [1.807, 2.05) is 48.5 Å².